The number of hydrogen-bond acceptors (Lipinski definition) is 7. The Morgan fingerprint density at radius 2 is 1.94 bits per heavy atom. The Kier molecular flexibility index (Phi) is 6.88. The molecule has 3 N–H and O–H groups in total. The van der Waals surface area contributed by atoms with E-state index in [2.05, 4.69) is 20.3 Å². The van der Waals surface area contributed by atoms with Gasteiger partial charge in [-0.05, 0) is 37.3 Å². The Morgan fingerprint density at radius 3 is 2.48 bits per heavy atom. The highest BCUT2D eigenvalue weighted by atomic mass is 19.3. The lowest BCUT2D eigenvalue weighted by atomic mass is 10.2. The third-order valence-corrected chi connectivity index (χ3v) is 4.37. The minimum absolute atomic E-state index is 0.0540. The highest BCUT2D eigenvalue weighted by Gasteiger charge is 2.13. The molecular formula is C20H20F2N7O2+. The number of halogens is 2. The summed E-state index contributed by atoms with van der Waals surface area (Å²) < 4.78 is 32.7. The number of hydrogen-bond donors (Lipinski definition) is 2. The summed E-state index contributed by atoms with van der Waals surface area (Å²) in [5, 5.41) is 13.2. The predicted octanol–water partition coefficient (Wildman–Crippen LogP) is 3.34. The Balaban J connectivity index is 1.67. The lowest BCUT2D eigenvalue weighted by Crippen LogP contribution is -2.77. The predicted molar refractivity (Wildman–Crippen MR) is 105 cm³/mol. The number of nitrogens with one attached hydrogen (secondary N) is 1. The number of ether oxygens (including phenoxy) is 1. The van der Waals surface area contributed by atoms with E-state index in [0.717, 1.165) is 0 Å². The maximum atomic E-state index is 12.7. The SMILES string of the molecule is CC(=O)c1cn(-c2ccc(OC/C([NH2+]c3ccc(C(F)F)cc3)=C(\C)N=N)nn2)cn1. The number of nitrogens with zero attached hydrogens (tertiary/aromatic N) is 5. The van der Waals surface area contributed by atoms with Crippen molar-refractivity contribution in [3.8, 4) is 11.7 Å². The van der Waals surface area contributed by atoms with Crippen molar-refractivity contribution < 1.29 is 23.6 Å². The lowest BCUT2D eigenvalue weighted by molar-refractivity contribution is -0.522. The van der Waals surface area contributed by atoms with Gasteiger partial charge >= 0.3 is 0 Å². The van der Waals surface area contributed by atoms with Crippen molar-refractivity contribution in [1.29, 1.82) is 5.53 Å². The van der Waals surface area contributed by atoms with Gasteiger partial charge in [0.15, 0.2) is 23.9 Å². The molecule has 0 saturated heterocycles. The number of carbonyl (C=O) groups is 1. The summed E-state index contributed by atoms with van der Waals surface area (Å²) in [5.41, 5.74) is 9.20. The second-order valence-electron chi connectivity index (χ2n) is 6.57. The first kappa shape index (κ1) is 21.8. The zero-order chi connectivity index (χ0) is 22.4. The number of carbonyl (C=O) groups excluding carboxylic acids is 1. The molecule has 2 aromatic heterocycles. The van der Waals surface area contributed by atoms with Crippen molar-refractivity contribution in [2.75, 3.05) is 6.61 Å². The standard InChI is InChI=1S/C20H19F2N7O2/c1-12(26-23)17(25-15-5-3-14(4-6-15)20(21)22)10-31-19-8-7-18(27-28-19)29-9-16(13(2)30)24-11-29/h3-9,11,20,23,25H,10H2,1-2H3/p+1/b17-12-,26-23?. The van der Waals surface area contributed by atoms with Crippen LogP contribution in [0.15, 0.2) is 65.4 Å². The summed E-state index contributed by atoms with van der Waals surface area (Å²) in [5.74, 6) is 0.555. The second kappa shape index (κ2) is 9.76. The van der Waals surface area contributed by atoms with E-state index in [1.165, 1.54) is 25.4 Å². The number of quaternary nitrogens is 1. The number of rotatable bonds is 9. The van der Waals surface area contributed by atoms with Gasteiger partial charge in [-0.2, -0.15) is 5.11 Å². The molecule has 0 saturated carbocycles. The fourth-order valence-electron chi connectivity index (χ4n) is 2.57. The number of imidazole rings is 1. The van der Waals surface area contributed by atoms with Gasteiger partial charge in [0.2, 0.25) is 5.88 Å². The Bertz CT molecular complexity index is 1090. The van der Waals surface area contributed by atoms with E-state index in [4.69, 9.17) is 10.3 Å². The number of ketones is 1. The summed E-state index contributed by atoms with van der Waals surface area (Å²) in [7, 11) is 0. The number of nitrogens with two attached hydrogens (primary N) is 1. The molecule has 0 bridgehead atoms. The summed E-state index contributed by atoms with van der Waals surface area (Å²) in [6.07, 6.45) is 0.492. The third kappa shape index (κ3) is 5.60. The average molecular weight is 428 g/mol. The number of aromatic nitrogens is 4. The molecule has 0 amide bonds. The normalized spacial score (nSPS) is 11.9. The minimum Gasteiger partial charge on any atom is -0.466 e. The average Bonchev–Trinajstić information content (AvgIpc) is 3.27. The molecule has 0 fully saturated rings. The van der Waals surface area contributed by atoms with Crippen LogP contribution in [-0.2, 0) is 0 Å². The molecule has 9 nitrogen and oxygen atoms in total. The molecule has 31 heavy (non-hydrogen) atoms. The van der Waals surface area contributed by atoms with Gasteiger partial charge in [-0.25, -0.2) is 19.3 Å². The molecule has 0 spiro atoms. The minimum atomic E-state index is -2.53. The van der Waals surface area contributed by atoms with Crippen molar-refractivity contribution in [1.82, 2.24) is 19.7 Å². The molecule has 3 aromatic rings. The van der Waals surface area contributed by atoms with Gasteiger partial charge in [-0.3, -0.25) is 14.7 Å². The Morgan fingerprint density at radius 1 is 1.19 bits per heavy atom. The van der Waals surface area contributed by atoms with Crippen molar-refractivity contribution in [2.24, 2.45) is 5.11 Å². The molecule has 1 aromatic carbocycles. The molecule has 0 radical (unpaired) electrons. The van der Waals surface area contributed by atoms with Crippen LogP contribution < -0.4 is 10.1 Å². The topological polar surface area (TPSA) is 123 Å². The van der Waals surface area contributed by atoms with E-state index in [9.17, 15) is 13.6 Å². The fourth-order valence-corrected chi connectivity index (χ4v) is 2.57. The van der Waals surface area contributed by atoms with E-state index in [0.29, 0.717) is 28.6 Å². The molecule has 2 heterocycles. The van der Waals surface area contributed by atoms with Crippen LogP contribution in [0.2, 0.25) is 0 Å². The van der Waals surface area contributed by atoms with Gasteiger partial charge in [0.05, 0.1) is 0 Å². The van der Waals surface area contributed by atoms with E-state index >= 15 is 0 Å². The second-order valence-corrected chi connectivity index (χ2v) is 6.57. The summed E-state index contributed by atoms with van der Waals surface area (Å²) in [4.78, 5) is 15.3. The maximum absolute atomic E-state index is 12.7. The van der Waals surface area contributed by atoms with Crippen LogP contribution >= 0.6 is 0 Å². The highest BCUT2D eigenvalue weighted by molar-refractivity contribution is 5.91. The van der Waals surface area contributed by atoms with E-state index in [-0.39, 0.29) is 23.8 Å². The third-order valence-electron chi connectivity index (χ3n) is 4.37. The van der Waals surface area contributed by atoms with Crippen LogP contribution in [-0.4, -0.2) is 32.1 Å². The highest BCUT2D eigenvalue weighted by Crippen LogP contribution is 2.19. The summed E-state index contributed by atoms with van der Waals surface area (Å²) in [6, 6.07) is 9.09. The van der Waals surface area contributed by atoms with Crippen LogP contribution in [0.4, 0.5) is 14.5 Å². The van der Waals surface area contributed by atoms with Gasteiger partial charge in [0.25, 0.3) is 6.43 Å². The van der Waals surface area contributed by atoms with E-state index < -0.39 is 6.43 Å². The van der Waals surface area contributed by atoms with Crippen molar-refractivity contribution in [3.05, 3.63) is 71.6 Å². The monoisotopic (exact) mass is 428 g/mol. The molecule has 160 valence electrons. The molecule has 0 aliphatic carbocycles. The maximum Gasteiger partial charge on any atom is 0.263 e. The van der Waals surface area contributed by atoms with Crippen molar-refractivity contribution in [2.45, 2.75) is 20.3 Å². The van der Waals surface area contributed by atoms with Gasteiger partial charge in [-0.15, -0.1) is 10.2 Å². The number of alkyl halides is 2. The first-order chi connectivity index (χ1) is 14.9. The van der Waals surface area contributed by atoms with E-state index in [1.807, 2.05) is 0 Å². The molecule has 0 unspecified atom stereocenters. The fraction of sp³-hybridized carbons (Fsp3) is 0.200. The number of Topliss-reactive ketones (excluding diaryl/α,β-unsaturated/α-hetero) is 1. The molecule has 3 rings (SSSR count). The first-order valence-corrected chi connectivity index (χ1v) is 9.19. The quantitative estimate of drug-likeness (QED) is 0.307. The van der Waals surface area contributed by atoms with E-state index in [1.54, 1.807) is 47.3 Å². The zero-order valence-corrected chi connectivity index (χ0v) is 16.8. The first-order valence-electron chi connectivity index (χ1n) is 9.19. The molecule has 0 aliphatic heterocycles. The van der Waals surface area contributed by atoms with Crippen LogP contribution in [0.3, 0.4) is 0 Å². The number of benzene rings is 1. The molecular weight excluding hydrogens is 408 g/mol. The van der Waals surface area contributed by atoms with Gasteiger partial charge in [0, 0.05) is 24.8 Å². The summed E-state index contributed by atoms with van der Waals surface area (Å²) >= 11 is 0. The molecule has 0 atom stereocenters. The Hall–Kier alpha value is -3.86. The van der Waals surface area contributed by atoms with Gasteiger partial charge < -0.3 is 4.74 Å². The molecule has 11 heteroatoms. The zero-order valence-electron chi connectivity index (χ0n) is 16.8. The lowest BCUT2D eigenvalue weighted by Gasteiger charge is -2.09. The van der Waals surface area contributed by atoms with Crippen LogP contribution in [0.1, 0.15) is 36.3 Å². The van der Waals surface area contributed by atoms with Crippen molar-refractivity contribution >= 4 is 11.5 Å². The van der Waals surface area contributed by atoms with Crippen LogP contribution in [0, 0.1) is 5.53 Å². The van der Waals surface area contributed by atoms with Gasteiger partial charge in [-0.1, -0.05) is 0 Å². The Labute approximate surface area is 176 Å². The van der Waals surface area contributed by atoms with Crippen LogP contribution in [0.5, 0.6) is 5.88 Å². The largest absolute Gasteiger partial charge is 0.466 e. The molecule has 0 aliphatic rings. The van der Waals surface area contributed by atoms with Crippen molar-refractivity contribution in [3.63, 3.8) is 0 Å². The summed E-state index contributed by atoms with van der Waals surface area (Å²) in [6.45, 7) is 3.13. The number of allylic oxidation sites excluding steroid dienone is 1. The smallest absolute Gasteiger partial charge is 0.263 e. The van der Waals surface area contributed by atoms with Crippen LogP contribution in [0.25, 0.3) is 5.82 Å². The van der Waals surface area contributed by atoms with Gasteiger partial charge in [0.1, 0.15) is 23.4 Å².